The third-order valence-corrected chi connectivity index (χ3v) is 5.72. The van der Waals surface area contributed by atoms with Gasteiger partial charge in [0.1, 0.15) is 5.60 Å². The Balaban J connectivity index is 0.000000293. The summed E-state index contributed by atoms with van der Waals surface area (Å²) in [6.07, 6.45) is 1.52. The number of nitrogens with zero attached hydrogens (tertiary/aromatic N) is 2. The number of carbonyl (C=O) groups is 3. The maximum absolute atomic E-state index is 11.8. The zero-order chi connectivity index (χ0) is 31.1. The Morgan fingerprint density at radius 2 is 1.55 bits per heavy atom. The van der Waals surface area contributed by atoms with Crippen molar-refractivity contribution in [2.24, 2.45) is 0 Å². The number of hydrogen-bond donors (Lipinski definition) is 1. The minimum Gasteiger partial charge on any atom is -0.466 e. The van der Waals surface area contributed by atoms with Crippen molar-refractivity contribution < 1.29 is 23.9 Å². The Labute approximate surface area is 248 Å². The molecule has 0 aliphatic rings. The van der Waals surface area contributed by atoms with Crippen molar-refractivity contribution in [2.75, 3.05) is 13.2 Å². The number of benzene rings is 2. The monoisotopic (exact) mass is 577 g/mol. The molecule has 0 bridgehead atoms. The van der Waals surface area contributed by atoms with E-state index < -0.39 is 5.60 Å². The SMILES string of the molecule is CCOC(=O)Cc1cccc(Cn2nc(C)ccc2=O)c1.Cc1cccc(CC(=O)NCCCC(=O)OC(C)(C)C)c1. The molecule has 0 aliphatic heterocycles. The van der Waals surface area contributed by atoms with Crippen LogP contribution in [0.15, 0.2) is 65.5 Å². The Morgan fingerprint density at radius 1 is 0.881 bits per heavy atom. The maximum Gasteiger partial charge on any atom is 0.310 e. The Morgan fingerprint density at radius 3 is 2.21 bits per heavy atom. The fourth-order valence-corrected chi connectivity index (χ4v) is 3.98. The average Bonchev–Trinajstić information content (AvgIpc) is 2.88. The molecule has 1 aromatic heterocycles. The second-order valence-electron chi connectivity index (χ2n) is 11.0. The van der Waals surface area contributed by atoms with Gasteiger partial charge in [-0.05, 0) is 70.7 Å². The molecule has 0 saturated carbocycles. The number of aromatic nitrogens is 2. The van der Waals surface area contributed by atoms with Gasteiger partial charge in [0.2, 0.25) is 5.91 Å². The van der Waals surface area contributed by atoms with Crippen LogP contribution in [0.1, 0.15) is 68.5 Å². The van der Waals surface area contributed by atoms with E-state index in [2.05, 4.69) is 10.4 Å². The second-order valence-corrected chi connectivity index (χ2v) is 11.0. The van der Waals surface area contributed by atoms with Crippen molar-refractivity contribution >= 4 is 17.8 Å². The molecule has 9 heteroatoms. The predicted molar refractivity (Wildman–Crippen MR) is 162 cm³/mol. The first kappa shape index (κ1) is 33.9. The molecule has 0 radical (unpaired) electrons. The summed E-state index contributed by atoms with van der Waals surface area (Å²) < 4.78 is 11.5. The summed E-state index contributed by atoms with van der Waals surface area (Å²) in [5, 5.41) is 7.02. The van der Waals surface area contributed by atoms with E-state index in [-0.39, 0.29) is 29.8 Å². The number of carbonyl (C=O) groups excluding carboxylic acids is 3. The fourth-order valence-electron chi connectivity index (χ4n) is 3.98. The first-order chi connectivity index (χ1) is 19.8. The summed E-state index contributed by atoms with van der Waals surface area (Å²) in [5.74, 6) is -0.499. The first-order valence-corrected chi connectivity index (χ1v) is 14.2. The summed E-state index contributed by atoms with van der Waals surface area (Å²) >= 11 is 0. The topological polar surface area (TPSA) is 117 Å². The van der Waals surface area contributed by atoms with Gasteiger partial charge in [-0.15, -0.1) is 0 Å². The lowest BCUT2D eigenvalue weighted by Gasteiger charge is -2.19. The highest BCUT2D eigenvalue weighted by Crippen LogP contribution is 2.10. The van der Waals surface area contributed by atoms with Gasteiger partial charge in [0.25, 0.3) is 5.56 Å². The van der Waals surface area contributed by atoms with E-state index in [0.29, 0.717) is 39.0 Å². The number of rotatable bonds is 11. The largest absolute Gasteiger partial charge is 0.466 e. The Kier molecular flexibility index (Phi) is 13.6. The van der Waals surface area contributed by atoms with Crippen molar-refractivity contribution in [3.05, 3.63) is 99.0 Å². The predicted octanol–water partition coefficient (Wildman–Crippen LogP) is 4.48. The van der Waals surface area contributed by atoms with E-state index in [1.807, 2.05) is 83.1 Å². The highest BCUT2D eigenvalue weighted by molar-refractivity contribution is 5.78. The van der Waals surface area contributed by atoms with Crippen molar-refractivity contribution in [1.29, 1.82) is 0 Å². The molecule has 2 aromatic carbocycles. The van der Waals surface area contributed by atoms with E-state index in [9.17, 15) is 19.2 Å². The molecule has 0 fully saturated rings. The molecule has 1 amide bonds. The normalized spacial score (nSPS) is 10.7. The van der Waals surface area contributed by atoms with Crippen LogP contribution >= 0.6 is 0 Å². The van der Waals surface area contributed by atoms with Crippen LogP contribution < -0.4 is 10.9 Å². The number of hydrogen-bond acceptors (Lipinski definition) is 7. The minimum absolute atomic E-state index is 0.0233. The van der Waals surface area contributed by atoms with Crippen LogP contribution in [0.4, 0.5) is 0 Å². The molecule has 0 atom stereocenters. The second kappa shape index (κ2) is 16.9. The van der Waals surface area contributed by atoms with Gasteiger partial charge in [-0.3, -0.25) is 19.2 Å². The summed E-state index contributed by atoms with van der Waals surface area (Å²) in [7, 11) is 0. The molecule has 42 heavy (non-hydrogen) atoms. The van der Waals surface area contributed by atoms with E-state index in [4.69, 9.17) is 9.47 Å². The van der Waals surface area contributed by atoms with E-state index >= 15 is 0 Å². The van der Waals surface area contributed by atoms with E-state index in [1.54, 1.807) is 13.0 Å². The molecule has 226 valence electrons. The molecule has 1 heterocycles. The zero-order valence-corrected chi connectivity index (χ0v) is 25.6. The number of esters is 2. The molecule has 3 rings (SSSR count). The molecular weight excluding hydrogens is 534 g/mol. The quantitative estimate of drug-likeness (QED) is 0.264. The zero-order valence-electron chi connectivity index (χ0n) is 25.6. The number of nitrogens with one attached hydrogen (secondary N) is 1. The summed E-state index contributed by atoms with van der Waals surface area (Å²) in [6, 6.07) is 18.6. The molecular formula is C33H43N3O6. The van der Waals surface area contributed by atoms with Gasteiger partial charge < -0.3 is 14.8 Å². The third kappa shape index (κ3) is 13.9. The standard InChI is InChI=1S/C17H25NO3.C16H18N2O3/c1-13-7-5-8-14(11-13)12-15(19)18-10-6-9-16(20)21-17(2,3)4;1-3-21-16(20)10-13-5-4-6-14(9-13)11-18-15(19)8-7-12(2)17-18/h5,7-8,11H,6,9-10,12H2,1-4H3,(H,18,19);4-9H,3,10-11H2,1-2H3. The Bertz CT molecular complexity index is 1390. The van der Waals surface area contributed by atoms with Crippen LogP contribution in [0.5, 0.6) is 0 Å². The van der Waals surface area contributed by atoms with Crippen molar-refractivity contribution in [3.8, 4) is 0 Å². The summed E-state index contributed by atoms with van der Waals surface area (Å²) in [6.45, 7) is 12.4. The highest BCUT2D eigenvalue weighted by atomic mass is 16.6. The Hall–Kier alpha value is -4.27. The molecule has 0 saturated heterocycles. The van der Waals surface area contributed by atoms with Crippen molar-refractivity contribution in [3.63, 3.8) is 0 Å². The maximum atomic E-state index is 11.8. The van der Waals surface area contributed by atoms with Crippen LogP contribution in [0.3, 0.4) is 0 Å². The van der Waals surface area contributed by atoms with E-state index in [1.165, 1.54) is 10.7 Å². The first-order valence-electron chi connectivity index (χ1n) is 14.2. The van der Waals surface area contributed by atoms with Gasteiger partial charge in [-0.2, -0.15) is 5.10 Å². The molecule has 0 spiro atoms. The van der Waals surface area contributed by atoms with Crippen LogP contribution in [0.2, 0.25) is 0 Å². The average molecular weight is 578 g/mol. The van der Waals surface area contributed by atoms with E-state index in [0.717, 1.165) is 27.9 Å². The van der Waals surface area contributed by atoms with Gasteiger partial charge in [-0.1, -0.05) is 54.1 Å². The summed E-state index contributed by atoms with van der Waals surface area (Å²) in [4.78, 5) is 46.5. The number of ether oxygens (including phenoxy) is 2. The number of amides is 1. The molecule has 0 aliphatic carbocycles. The minimum atomic E-state index is -0.453. The fraction of sp³-hybridized carbons (Fsp3) is 0.424. The third-order valence-electron chi connectivity index (χ3n) is 5.72. The van der Waals surface area contributed by atoms with Crippen molar-refractivity contribution in [1.82, 2.24) is 15.1 Å². The van der Waals surface area contributed by atoms with Crippen LogP contribution in [0, 0.1) is 13.8 Å². The van der Waals surface area contributed by atoms with Gasteiger partial charge in [0.15, 0.2) is 0 Å². The molecule has 0 unspecified atom stereocenters. The van der Waals surface area contributed by atoms with Crippen LogP contribution in [0.25, 0.3) is 0 Å². The molecule has 1 N–H and O–H groups in total. The van der Waals surface area contributed by atoms with Crippen LogP contribution in [-0.4, -0.2) is 46.4 Å². The smallest absolute Gasteiger partial charge is 0.310 e. The van der Waals surface area contributed by atoms with Crippen molar-refractivity contribution in [2.45, 2.75) is 79.4 Å². The molecule has 3 aromatic rings. The van der Waals surface area contributed by atoms with Gasteiger partial charge in [0, 0.05) is 19.0 Å². The lowest BCUT2D eigenvalue weighted by Crippen LogP contribution is -2.28. The van der Waals surface area contributed by atoms with Crippen LogP contribution in [-0.2, 0) is 43.2 Å². The summed E-state index contributed by atoms with van der Waals surface area (Å²) in [5.41, 5.74) is 4.13. The molecule has 9 nitrogen and oxygen atoms in total. The van der Waals surface area contributed by atoms with Gasteiger partial charge >= 0.3 is 11.9 Å². The highest BCUT2D eigenvalue weighted by Gasteiger charge is 2.15. The lowest BCUT2D eigenvalue weighted by molar-refractivity contribution is -0.155. The number of aryl methyl sites for hydroxylation is 2. The van der Waals surface area contributed by atoms with Gasteiger partial charge in [0.05, 0.1) is 31.7 Å². The lowest BCUT2D eigenvalue weighted by atomic mass is 10.1. The van der Waals surface area contributed by atoms with Gasteiger partial charge in [-0.25, -0.2) is 4.68 Å².